The molecule has 0 fully saturated rings. The Morgan fingerprint density at radius 3 is 2.48 bits per heavy atom. The van der Waals surface area contributed by atoms with E-state index in [1.54, 1.807) is 48.5 Å². The minimum absolute atomic E-state index is 0.216. The van der Waals surface area contributed by atoms with Crippen LogP contribution in [0.2, 0.25) is 0 Å². The molecule has 0 spiro atoms. The van der Waals surface area contributed by atoms with E-state index in [9.17, 15) is 9.59 Å². The second-order valence-electron chi connectivity index (χ2n) is 4.08. The molecule has 0 aliphatic carbocycles. The number of carbonyl (C=O) groups is 2. The van der Waals surface area contributed by atoms with Crippen molar-refractivity contribution >= 4 is 18.0 Å². The number of hydrogen-bond donors (Lipinski definition) is 2. The summed E-state index contributed by atoms with van der Waals surface area (Å²) in [7, 11) is 0. The molecule has 1 aromatic carbocycles. The maximum absolute atomic E-state index is 11.9. The fraction of sp³-hybridized carbons (Fsp3) is 0. The van der Waals surface area contributed by atoms with Crippen molar-refractivity contribution in [3.63, 3.8) is 0 Å². The second kappa shape index (κ2) is 6.91. The molecule has 21 heavy (non-hydrogen) atoms. The van der Waals surface area contributed by atoms with Gasteiger partial charge in [0.25, 0.3) is 5.91 Å². The van der Waals surface area contributed by atoms with Gasteiger partial charge in [0.05, 0.1) is 6.26 Å². The van der Waals surface area contributed by atoms with E-state index in [2.05, 4.69) is 5.32 Å². The average Bonchev–Trinajstić information content (AvgIpc) is 3.00. The molecule has 0 unspecified atom stereocenters. The van der Waals surface area contributed by atoms with Crippen LogP contribution in [-0.4, -0.2) is 17.0 Å². The Morgan fingerprint density at radius 2 is 1.86 bits per heavy atom. The van der Waals surface area contributed by atoms with Crippen molar-refractivity contribution in [1.82, 2.24) is 5.32 Å². The summed E-state index contributed by atoms with van der Waals surface area (Å²) in [5, 5.41) is 11.4. The normalized spacial score (nSPS) is 11.5. The number of allylic oxidation sites excluding steroid dienone is 2. The van der Waals surface area contributed by atoms with Crippen LogP contribution in [0, 0.1) is 0 Å². The Hall–Kier alpha value is -3.08. The number of carboxylic acids is 1. The minimum atomic E-state index is -1.22. The van der Waals surface area contributed by atoms with E-state index in [1.165, 1.54) is 18.4 Å². The third-order valence-electron chi connectivity index (χ3n) is 2.58. The smallest absolute Gasteiger partial charge is 0.352 e. The van der Waals surface area contributed by atoms with Crippen molar-refractivity contribution in [2.75, 3.05) is 0 Å². The number of hydrogen-bond acceptors (Lipinski definition) is 3. The molecular weight excluding hydrogens is 270 g/mol. The van der Waals surface area contributed by atoms with Gasteiger partial charge in [-0.15, -0.1) is 0 Å². The first kappa shape index (κ1) is 14.3. The van der Waals surface area contributed by atoms with Crippen LogP contribution >= 0.6 is 0 Å². The Labute approximate surface area is 121 Å². The molecule has 1 amide bonds. The largest absolute Gasteiger partial charge is 0.477 e. The fourth-order valence-corrected chi connectivity index (χ4v) is 1.58. The molecule has 0 radical (unpaired) electrons. The van der Waals surface area contributed by atoms with Crippen LogP contribution in [0.25, 0.3) is 6.08 Å². The Kier molecular flexibility index (Phi) is 4.71. The maximum Gasteiger partial charge on any atom is 0.352 e. The van der Waals surface area contributed by atoms with Gasteiger partial charge in [-0.25, -0.2) is 4.79 Å². The summed E-state index contributed by atoms with van der Waals surface area (Å²) in [6, 6.07) is 11.8. The highest BCUT2D eigenvalue weighted by atomic mass is 16.4. The van der Waals surface area contributed by atoms with E-state index in [-0.39, 0.29) is 5.70 Å². The summed E-state index contributed by atoms with van der Waals surface area (Å²) >= 11 is 0. The van der Waals surface area contributed by atoms with E-state index in [0.29, 0.717) is 11.3 Å². The molecule has 1 heterocycles. The van der Waals surface area contributed by atoms with Crippen molar-refractivity contribution < 1.29 is 19.1 Å². The lowest BCUT2D eigenvalue weighted by atomic mass is 10.2. The summed E-state index contributed by atoms with van der Waals surface area (Å²) in [6.45, 7) is 0. The van der Waals surface area contributed by atoms with Gasteiger partial charge < -0.3 is 14.8 Å². The first-order valence-corrected chi connectivity index (χ1v) is 6.18. The monoisotopic (exact) mass is 283 g/mol. The van der Waals surface area contributed by atoms with Gasteiger partial charge in [0, 0.05) is 5.56 Å². The number of aliphatic carboxylic acids is 1. The maximum atomic E-state index is 11.9. The standard InChI is InChI=1S/C16H13NO4/c18-15(12-6-2-1-3-7-12)17-14(16(19)20)10-4-8-13-9-5-11-21-13/h1-11H,(H,17,18)(H,19,20)/b8-4+,14-10+. The lowest BCUT2D eigenvalue weighted by Crippen LogP contribution is -2.27. The zero-order valence-corrected chi connectivity index (χ0v) is 11.0. The number of rotatable bonds is 5. The Bertz CT molecular complexity index is 670. The van der Waals surface area contributed by atoms with Gasteiger partial charge >= 0.3 is 5.97 Å². The van der Waals surface area contributed by atoms with E-state index in [0.717, 1.165) is 0 Å². The van der Waals surface area contributed by atoms with Crippen LogP contribution < -0.4 is 5.32 Å². The molecular formula is C16H13NO4. The summed E-state index contributed by atoms with van der Waals surface area (Å²) in [5.41, 5.74) is 0.173. The SMILES string of the molecule is O=C(O)/C(=C\C=C\c1ccco1)NC(=O)c1ccccc1. The van der Waals surface area contributed by atoms with Gasteiger partial charge in [-0.2, -0.15) is 0 Å². The number of amides is 1. The van der Waals surface area contributed by atoms with Gasteiger partial charge in [-0.1, -0.05) is 24.3 Å². The predicted octanol–water partition coefficient (Wildman–Crippen LogP) is 2.69. The fourth-order valence-electron chi connectivity index (χ4n) is 1.58. The van der Waals surface area contributed by atoms with Crippen LogP contribution in [0.5, 0.6) is 0 Å². The van der Waals surface area contributed by atoms with Gasteiger partial charge in [-0.3, -0.25) is 4.79 Å². The first-order chi connectivity index (χ1) is 10.2. The molecule has 0 aliphatic rings. The van der Waals surface area contributed by atoms with Gasteiger partial charge in [-0.05, 0) is 36.4 Å². The first-order valence-electron chi connectivity index (χ1n) is 6.18. The quantitative estimate of drug-likeness (QED) is 0.653. The molecule has 0 bridgehead atoms. The number of furan rings is 1. The highest BCUT2D eigenvalue weighted by Gasteiger charge is 2.11. The lowest BCUT2D eigenvalue weighted by molar-refractivity contribution is -0.133. The molecule has 0 atom stereocenters. The molecule has 2 rings (SSSR count). The van der Waals surface area contributed by atoms with E-state index in [4.69, 9.17) is 9.52 Å². The molecule has 0 aliphatic heterocycles. The zero-order valence-electron chi connectivity index (χ0n) is 11.0. The van der Waals surface area contributed by atoms with Crippen molar-refractivity contribution in [3.05, 3.63) is 77.9 Å². The van der Waals surface area contributed by atoms with Gasteiger partial charge in [0.15, 0.2) is 0 Å². The molecule has 2 aromatic rings. The van der Waals surface area contributed by atoms with E-state index >= 15 is 0 Å². The molecule has 0 saturated carbocycles. The van der Waals surface area contributed by atoms with Crippen LogP contribution in [0.1, 0.15) is 16.1 Å². The minimum Gasteiger partial charge on any atom is -0.477 e. The number of nitrogens with one attached hydrogen (secondary N) is 1. The van der Waals surface area contributed by atoms with Crippen molar-refractivity contribution in [2.45, 2.75) is 0 Å². The topological polar surface area (TPSA) is 79.5 Å². The second-order valence-corrected chi connectivity index (χ2v) is 4.08. The zero-order chi connectivity index (χ0) is 15.1. The Balaban J connectivity index is 2.09. The van der Waals surface area contributed by atoms with Gasteiger partial charge in [0.2, 0.25) is 0 Å². The molecule has 0 saturated heterocycles. The molecule has 1 aromatic heterocycles. The number of carbonyl (C=O) groups excluding carboxylic acids is 1. The van der Waals surface area contributed by atoms with Crippen LogP contribution in [0.4, 0.5) is 0 Å². The molecule has 5 heteroatoms. The molecule has 106 valence electrons. The van der Waals surface area contributed by atoms with Crippen molar-refractivity contribution in [3.8, 4) is 0 Å². The van der Waals surface area contributed by atoms with E-state index in [1.807, 2.05) is 0 Å². The average molecular weight is 283 g/mol. The molecule has 5 nitrogen and oxygen atoms in total. The van der Waals surface area contributed by atoms with Crippen molar-refractivity contribution in [1.29, 1.82) is 0 Å². The third kappa shape index (κ3) is 4.21. The third-order valence-corrected chi connectivity index (χ3v) is 2.58. The highest BCUT2D eigenvalue weighted by Crippen LogP contribution is 2.04. The van der Waals surface area contributed by atoms with Crippen molar-refractivity contribution in [2.24, 2.45) is 0 Å². The Morgan fingerprint density at radius 1 is 1.10 bits per heavy atom. The number of carboxylic acid groups (broad SMARTS) is 1. The lowest BCUT2D eigenvalue weighted by Gasteiger charge is -2.04. The summed E-state index contributed by atoms with van der Waals surface area (Å²) in [4.78, 5) is 23.0. The summed E-state index contributed by atoms with van der Waals surface area (Å²) < 4.78 is 5.08. The summed E-state index contributed by atoms with van der Waals surface area (Å²) in [6.07, 6.45) is 5.90. The van der Waals surface area contributed by atoms with Gasteiger partial charge in [0.1, 0.15) is 11.5 Å². The highest BCUT2D eigenvalue weighted by molar-refractivity contribution is 6.00. The van der Waals surface area contributed by atoms with Crippen LogP contribution in [0.3, 0.4) is 0 Å². The molecule has 2 N–H and O–H groups in total. The van der Waals surface area contributed by atoms with Crippen LogP contribution in [0.15, 0.2) is 71.0 Å². The van der Waals surface area contributed by atoms with Crippen LogP contribution in [-0.2, 0) is 4.79 Å². The van der Waals surface area contributed by atoms with E-state index < -0.39 is 11.9 Å². The summed E-state index contributed by atoms with van der Waals surface area (Å²) in [5.74, 6) is -1.11. The predicted molar refractivity (Wildman–Crippen MR) is 77.4 cm³/mol. The number of benzene rings is 1.